The number of hydrogen-bond acceptors (Lipinski definition) is 3. The maximum Gasteiger partial charge on any atom is 0.263 e. The number of thiophene rings is 1. The van der Waals surface area contributed by atoms with E-state index in [9.17, 15) is 4.79 Å². The van der Waals surface area contributed by atoms with Gasteiger partial charge in [-0.1, -0.05) is 42.8 Å². The van der Waals surface area contributed by atoms with Crippen molar-refractivity contribution in [2.24, 2.45) is 11.8 Å². The SMILES string of the molecule is CC(C)C(C)CNC(=O)c1sc2cc(Br)ccc2c1N. The molecule has 20 heavy (non-hydrogen) atoms. The second-order valence-electron chi connectivity index (χ2n) is 5.42. The smallest absolute Gasteiger partial charge is 0.263 e. The van der Waals surface area contributed by atoms with Crippen LogP contribution in [-0.2, 0) is 0 Å². The molecule has 3 N–H and O–H groups in total. The van der Waals surface area contributed by atoms with Crippen molar-refractivity contribution in [3.8, 4) is 0 Å². The van der Waals surface area contributed by atoms with Crippen LogP contribution >= 0.6 is 27.3 Å². The van der Waals surface area contributed by atoms with Crippen LogP contribution in [0, 0.1) is 11.8 Å². The molecule has 5 heteroatoms. The van der Waals surface area contributed by atoms with Gasteiger partial charge in [0.15, 0.2) is 0 Å². The van der Waals surface area contributed by atoms with Gasteiger partial charge in [-0.05, 0) is 24.0 Å². The van der Waals surface area contributed by atoms with Gasteiger partial charge in [-0.3, -0.25) is 4.79 Å². The van der Waals surface area contributed by atoms with E-state index < -0.39 is 0 Å². The van der Waals surface area contributed by atoms with Crippen LogP contribution in [0.15, 0.2) is 22.7 Å². The molecule has 1 atom stereocenters. The number of benzene rings is 1. The summed E-state index contributed by atoms with van der Waals surface area (Å²) in [5, 5.41) is 3.92. The maximum atomic E-state index is 12.3. The number of fused-ring (bicyclic) bond motifs is 1. The van der Waals surface area contributed by atoms with Crippen LogP contribution in [0.25, 0.3) is 10.1 Å². The van der Waals surface area contributed by atoms with Crippen molar-refractivity contribution in [3.05, 3.63) is 27.5 Å². The Kier molecular flexibility index (Phi) is 4.70. The fraction of sp³-hybridized carbons (Fsp3) is 0.400. The maximum absolute atomic E-state index is 12.3. The zero-order valence-corrected chi connectivity index (χ0v) is 14.3. The lowest BCUT2D eigenvalue weighted by atomic mass is 9.98. The largest absolute Gasteiger partial charge is 0.397 e. The zero-order valence-electron chi connectivity index (χ0n) is 11.9. The van der Waals surface area contributed by atoms with Crippen LogP contribution in [-0.4, -0.2) is 12.5 Å². The lowest BCUT2D eigenvalue weighted by Gasteiger charge is -2.15. The summed E-state index contributed by atoms with van der Waals surface area (Å²) in [6, 6.07) is 5.87. The highest BCUT2D eigenvalue weighted by Crippen LogP contribution is 2.35. The topological polar surface area (TPSA) is 55.1 Å². The number of carbonyl (C=O) groups excluding carboxylic acids is 1. The Bertz CT molecular complexity index is 636. The average Bonchev–Trinajstić information content (AvgIpc) is 2.72. The lowest BCUT2D eigenvalue weighted by molar-refractivity contribution is 0.0950. The minimum atomic E-state index is -0.0766. The Labute approximate surface area is 131 Å². The minimum absolute atomic E-state index is 0.0766. The van der Waals surface area contributed by atoms with E-state index in [1.165, 1.54) is 11.3 Å². The number of halogens is 1. The third kappa shape index (κ3) is 3.15. The molecule has 2 aromatic rings. The third-order valence-electron chi connectivity index (χ3n) is 3.62. The summed E-state index contributed by atoms with van der Waals surface area (Å²) in [4.78, 5) is 12.9. The summed E-state index contributed by atoms with van der Waals surface area (Å²) >= 11 is 4.87. The first-order valence-corrected chi connectivity index (χ1v) is 8.26. The zero-order chi connectivity index (χ0) is 14.9. The Morgan fingerprint density at radius 2 is 2.10 bits per heavy atom. The Morgan fingerprint density at radius 1 is 1.40 bits per heavy atom. The molecule has 1 aromatic carbocycles. The highest BCUT2D eigenvalue weighted by atomic mass is 79.9. The molecule has 0 saturated carbocycles. The van der Waals surface area contributed by atoms with E-state index >= 15 is 0 Å². The van der Waals surface area contributed by atoms with E-state index in [0.29, 0.717) is 28.9 Å². The normalized spacial score (nSPS) is 12.8. The number of nitrogens with one attached hydrogen (secondary N) is 1. The first kappa shape index (κ1) is 15.3. The molecule has 108 valence electrons. The number of nitrogens with two attached hydrogens (primary N) is 1. The fourth-order valence-electron chi connectivity index (χ4n) is 1.83. The Hall–Kier alpha value is -1.07. The molecule has 0 saturated heterocycles. The molecule has 0 radical (unpaired) electrons. The van der Waals surface area contributed by atoms with Gasteiger partial charge in [0.1, 0.15) is 4.88 Å². The van der Waals surface area contributed by atoms with Crippen LogP contribution in [0.5, 0.6) is 0 Å². The molecule has 2 rings (SSSR count). The summed E-state index contributed by atoms with van der Waals surface area (Å²) in [6.07, 6.45) is 0. The van der Waals surface area contributed by atoms with Crippen molar-refractivity contribution in [3.63, 3.8) is 0 Å². The van der Waals surface area contributed by atoms with E-state index in [1.807, 2.05) is 18.2 Å². The summed E-state index contributed by atoms with van der Waals surface area (Å²) in [5.74, 6) is 0.919. The number of hydrogen-bond donors (Lipinski definition) is 2. The molecule has 0 fully saturated rings. The average molecular weight is 355 g/mol. The van der Waals surface area contributed by atoms with E-state index in [-0.39, 0.29) is 5.91 Å². The van der Waals surface area contributed by atoms with Crippen LogP contribution < -0.4 is 11.1 Å². The second-order valence-corrected chi connectivity index (χ2v) is 7.38. The van der Waals surface area contributed by atoms with Gasteiger partial charge in [-0.15, -0.1) is 11.3 Å². The van der Waals surface area contributed by atoms with Crippen molar-refractivity contribution >= 4 is 48.9 Å². The van der Waals surface area contributed by atoms with Gasteiger partial charge in [-0.25, -0.2) is 0 Å². The molecule has 0 spiro atoms. The van der Waals surface area contributed by atoms with Crippen LogP contribution in [0.2, 0.25) is 0 Å². The van der Waals surface area contributed by atoms with Crippen molar-refractivity contribution in [1.29, 1.82) is 0 Å². The molecule has 1 aromatic heterocycles. The molecule has 0 aliphatic rings. The van der Waals surface area contributed by atoms with E-state index in [1.54, 1.807) is 0 Å². The second kappa shape index (κ2) is 6.14. The molecule has 0 aliphatic heterocycles. The highest BCUT2D eigenvalue weighted by molar-refractivity contribution is 9.10. The van der Waals surface area contributed by atoms with E-state index in [2.05, 4.69) is 42.0 Å². The molecule has 3 nitrogen and oxygen atoms in total. The fourth-order valence-corrected chi connectivity index (χ4v) is 3.42. The molecule has 1 amide bonds. The number of nitrogen functional groups attached to an aromatic ring is 1. The first-order valence-electron chi connectivity index (χ1n) is 6.66. The van der Waals surface area contributed by atoms with Crippen LogP contribution in [0.1, 0.15) is 30.4 Å². The van der Waals surface area contributed by atoms with Gasteiger partial charge in [0, 0.05) is 21.1 Å². The number of rotatable bonds is 4. The predicted octanol–water partition coefficient (Wildman–Crippen LogP) is 4.27. The lowest BCUT2D eigenvalue weighted by Crippen LogP contribution is -2.30. The van der Waals surface area contributed by atoms with Gasteiger partial charge < -0.3 is 11.1 Å². The highest BCUT2D eigenvalue weighted by Gasteiger charge is 2.17. The van der Waals surface area contributed by atoms with E-state index in [4.69, 9.17) is 5.73 Å². The van der Waals surface area contributed by atoms with E-state index in [0.717, 1.165) is 14.6 Å². The third-order valence-corrected chi connectivity index (χ3v) is 5.28. The monoisotopic (exact) mass is 354 g/mol. The molecule has 0 bridgehead atoms. The van der Waals surface area contributed by atoms with Crippen molar-refractivity contribution in [2.45, 2.75) is 20.8 Å². The van der Waals surface area contributed by atoms with Gasteiger partial charge in [0.25, 0.3) is 5.91 Å². The quantitative estimate of drug-likeness (QED) is 0.861. The summed E-state index contributed by atoms with van der Waals surface area (Å²) in [7, 11) is 0. The van der Waals surface area contributed by atoms with Crippen molar-refractivity contribution in [2.75, 3.05) is 12.3 Å². The number of carbonyl (C=O) groups is 1. The molecule has 0 aliphatic carbocycles. The van der Waals surface area contributed by atoms with Crippen molar-refractivity contribution < 1.29 is 4.79 Å². The van der Waals surface area contributed by atoms with Gasteiger partial charge in [0.05, 0.1) is 5.69 Å². The van der Waals surface area contributed by atoms with Crippen LogP contribution in [0.3, 0.4) is 0 Å². The van der Waals surface area contributed by atoms with Gasteiger partial charge >= 0.3 is 0 Å². The predicted molar refractivity (Wildman–Crippen MR) is 90.3 cm³/mol. The molecular weight excluding hydrogens is 336 g/mol. The summed E-state index contributed by atoms with van der Waals surface area (Å²) < 4.78 is 2.02. The Balaban J connectivity index is 2.20. The van der Waals surface area contributed by atoms with Crippen molar-refractivity contribution in [1.82, 2.24) is 5.32 Å². The molecule has 1 heterocycles. The minimum Gasteiger partial charge on any atom is -0.397 e. The van der Waals surface area contributed by atoms with Crippen LogP contribution in [0.4, 0.5) is 5.69 Å². The first-order chi connectivity index (χ1) is 9.40. The molecular formula is C15H19BrN2OS. The Morgan fingerprint density at radius 3 is 2.75 bits per heavy atom. The number of anilines is 1. The summed E-state index contributed by atoms with van der Waals surface area (Å²) in [6.45, 7) is 7.12. The standard InChI is InChI=1S/C15H19BrN2OS/c1-8(2)9(3)7-18-15(19)14-13(17)11-5-4-10(16)6-12(11)20-14/h4-6,8-9H,7,17H2,1-3H3,(H,18,19). The number of amides is 1. The van der Waals surface area contributed by atoms with Gasteiger partial charge in [0.2, 0.25) is 0 Å². The molecule has 1 unspecified atom stereocenters. The summed E-state index contributed by atoms with van der Waals surface area (Å²) in [5.41, 5.74) is 6.67. The van der Waals surface area contributed by atoms with Gasteiger partial charge in [-0.2, -0.15) is 0 Å².